The van der Waals surface area contributed by atoms with Crippen molar-refractivity contribution in [2.45, 2.75) is 20.3 Å². The molecule has 1 aromatic rings. The quantitative estimate of drug-likeness (QED) is 0.735. The number of halogens is 1. The number of hydrogen-bond donors (Lipinski definition) is 1. The minimum absolute atomic E-state index is 0.298. The van der Waals surface area contributed by atoms with E-state index in [0.717, 1.165) is 12.2 Å². The Hall–Kier alpha value is -0.830. The maximum absolute atomic E-state index is 10.4. The second-order valence-corrected chi connectivity index (χ2v) is 3.48. The molecular formula is C8H11ClN2O. The van der Waals surface area contributed by atoms with Crippen molar-refractivity contribution in [1.82, 2.24) is 9.97 Å². The van der Waals surface area contributed by atoms with Crippen LogP contribution in [0, 0.1) is 5.92 Å². The van der Waals surface area contributed by atoms with Crippen LogP contribution in [0.3, 0.4) is 0 Å². The van der Waals surface area contributed by atoms with E-state index in [0.29, 0.717) is 23.1 Å². The first-order valence-corrected chi connectivity index (χ1v) is 4.21. The van der Waals surface area contributed by atoms with E-state index >= 15 is 0 Å². The second-order valence-electron chi connectivity index (χ2n) is 3.10. The van der Waals surface area contributed by atoms with E-state index in [1.165, 1.54) is 0 Å². The molecule has 0 bridgehead atoms. The molecule has 1 heterocycles. The van der Waals surface area contributed by atoms with Crippen LogP contribution in [0.4, 0.5) is 0 Å². The summed E-state index contributed by atoms with van der Waals surface area (Å²) in [6.45, 7) is 4.16. The summed E-state index contributed by atoms with van der Waals surface area (Å²) < 4.78 is 0. The normalized spacial score (nSPS) is 10.7. The van der Waals surface area contributed by atoms with E-state index in [2.05, 4.69) is 23.8 Å². The van der Waals surface area contributed by atoms with Crippen LogP contribution in [-0.2, 0) is 6.42 Å². The lowest BCUT2D eigenvalue weighted by atomic mass is 10.1. The Morgan fingerprint density at radius 1 is 1.67 bits per heavy atom. The molecule has 0 aromatic carbocycles. The molecule has 0 radical (unpaired) electrons. The summed E-state index contributed by atoms with van der Waals surface area (Å²) in [4.78, 5) is 17.2. The van der Waals surface area contributed by atoms with E-state index in [-0.39, 0.29) is 0 Å². The zero-order chi connectivity index (χ0) is 9.14. The average Bonchev–Trinajstić information content (AvgIpc) is 2.29. The van der Waals surface area contributed by atoms with Crippen LogP contribution in [0.2, 0.25) is 5.15 Å². The van der Waals surface area contributed by atoms with Gasteiger partial charge < -0.3 is 4.98 Å². The zero-order valence-electron chi connectivity index (χ0n) is 7.10. The van der Waals surface area contributed by atoms with Gasteiger partial charge in [-0.3, -0.25) is 4.79 Å². The summed E-state index contributed by atoms with van der Waals surface area (Å²) >= 11 is 5.68. The minimum Gasteiger partial charge on any atom is -0.332 e. The van der Waals surface area contributed by atoms with E-state index in [9.17, 15) is 4.79 Å². The number of rotatable bonds is 3. The first-order valence-electron chi connectivity index (χ1n) is 3.83. The van der Waals surface area contributed by atoms with Gasteiger partial charge in [0.2, 0.25) is 0 Å². The van der Waals surface area contributed by atoms with Crippen molar-refractivity contribution in [1.29, 1.82) is 0 Å². The summed E-state index contributed by atoms with van der Waals surface area (Å²) in [6.07, 6.45) is 1.47. The van der Waals surface area contributed by atoms with Gasteiger partial charge in [-0.25, -0.2) is 4.98 Å². The fourth-order valence-corrected chi connectivity index (χ4v) is 1.17. The van der Waals surface area contributed by atoms with Gasteiger partial charge in [0.05, 0.1) is 0 Å². The molecule has 1 N–H and O–H groups in total. The maximum atomic E-state index is 10.4. The number of imidazole rings is 1. The molecule has 0 fully saturated rings. The van der Waals surface area contributed by atoms with Crippen molar-refractivity contribution in [3.63, 3.8) is 0 Å². The van der Waals surface area contributed by atoms with E-state index in [1.54, 1.807) is 0 Å². The number of nitrogens with zero attached hydrogens (tertiary/aromatic N) is 1. The number of aromatic amines is 1. The van der Waals surface area contributed by atoms with Crippen molar-refractivity contribution in [2.75, 3.05) is 0 Å². The lowest BCUT2D eigenvalue weighted by Crippen LogP contribution is -1.96. The Bertz CT molecular complexity index is 281. The van der Waals surface area contributed by atoms with E-state index < -0.39 is 0 Å². The highest BCUT2D eigenvalue weighted by Crippen LogP contribution is 2.12. The third-order valence-electron chi connectivity index (χ3n) is 1.45. The average molecular weight is 187 g/mol. The Labute approximate surface area is 76.1 Å². The van der Waals surface area contributed by atoms with Gasteiger partial charge in [0.25, 0.3) is 0 Å². The van der Waals surface area contributed by atoms with Gasteiger partial charge >= 0.3 is 0 Å². The van der Waals surface area contributed by atoms with Crippen LogP contribution >= 0.6 is 11.6 Å². The summed E-state index contributed by atoms with van der Waals surface area (Å²) in [7, 11) is 0. The lowest BCUT2D eigenvalue weighted by molar-refractivity contribution is 0.111. The van der Waals surface area contributed by atoms with Gasteiger partial charge in [0.1, 0.15) is 16.7 Å². The summed E-state index contributed by atoms with van der Waals surface area (Å²) in [5.74, 6) is 1.28. The van der Waals surface area contributed by atoms with Crippen LogP contribution in [-0.4, -0.2) is 16.3 Å². The van der Waals surface area contributed by atoms with Crippen LogP contribution in [0.1, 0.15) is 30.2 Å². The van der Waals surface area contributed by atoms with Gasteiger partial charge in [-0.15, -0.1) is 0 Å². The number of aromatic nitrogens is 2. The van der Waals surface area contributed by atoms with E-state index in [1.807, 2.05) is 0 Å². The molecule has 3 nitrogen and oxygen atoms in total. The molecular weight excluding hydrogens is 176 g/mol. The molecule has 0 aliphatic heterocycles. The van der Waals surface area contributed by atoms with Gasteiger partial charge in [-0.1, -0.05) is 25.4 Å². The van der Waals surface area contributed by atoms with Gasteiger partial charge in [0, 0.05) is 6.42 Å². The number of H-pyrrole nitrogens is 1. The Morgan fingerprint density at radius 2 is 2.33 bits per heavy atom. The molecule has 1 rings (SSSR count). The first-order chi connectivity index (χ1) is 5.63. The predicted molar refractivity (Wildman–Crippen MR) is 47.5 cm³/mol. The fourth-order valence-electron chi connectivity index (χ4n) is 0.975. The number of hydrogen-bond acceptors (Lipinski definition) is 2. The zero-order valence-corrected chi connectivity index (χ0v) is 7.85. The lowest BCUT2D eigenvalue weighted by Gasteiger charge is -1.98. The van der Waals surface area contributed by atoms with Crippen molar-refractivity contribution >= 4 is 17.9 Å². The van der Waals surface area contributed by atoms with Crippen LogP contribution in [0.5, 0.6) is 0 Å². The SMILES string of the molecule is CC(C)Cc1nc(C=O)c(Cl)[nH]1. The predicted octanol–water partition coefficient (Wildman–Crippen LogP) is 2.07. The Kier molecular flexibility index (Phi) is 2.87. The number of carbonyl (C=O) groups excluding carboxylic acids is 1. The molecule has 4 heteroatoms. The first kappa shape index (κ1) is 9.26. The molecule has 66 valence electrons. The molecule has 0 saturated carbocycles. The molecule has 0 aliphatic carbocycles. The monoisotopic (exact) mass is 186 g/mol. The molecule has 0 saturated heterocycles. The molecule has 1 aromatic heterocycles. The molecule has 12 heavy (non-hydrogen) atoms. The van der Waals surface area contributed by atoms with Crippen LogP contribution < -0.4 is 0 Å². The van der Waals surface area contributed by atoms with Gasteiger partial charge in [-0.05, 0) is 5.92 Å². The van der Waals surface area contributed by atoms with Crippen molar-refractivity contribution in [3.8, 4) is 0 Å². The molecule has 0 atom stereocenters. The fraction of sp³-hybridized carbons (Fsp3) is 0.500. The molecule has 0 aliphatic rings. The smallest absolute Gasteiger partial charge is 0.171 e. The topological polar surface area (TPSA) is 45.8 Å². The molecule has 0 unspecified atom stereocenters. The van der Waals surface area contributed by atoms with Crippen molar-refractivity contribution in [3.05, 3.63) is 16.7 Å². The highest BCUT2D eigenvalue weighted by Gasteiger charge is 2.07. The van der Waals surface area contributed by atoms with E-state index in [4.69, 9.17) is 11.6 Å². The Morgan fingerprint density at radius 3 is 2.75 bits per heavy atom. The number of aldehydes is 1. The van der Waals surface area contributed by atoms with Gasteiger partial charge in [0.15, 0.2) is 6.29 Å². The number of carbonyl (C=O) groups is 1. The third kappa shape index (κ3) is 2.08. The van der Waals surface area contributed by atoms with Crippen LogP contribution in [0.15, 0.2) is 0 Å². The number of nitrogens with one attached hydrogen (secondary N) is 1. The summed E-state index contributed by atoms with van der Waals surface area (Å²) in [5, 5.41) is 0.334. The van der Waals surface area contributed by atoms with Crippen LogP contribution in [0.25, 0.3) is 0 Å². The third-order valence-corrected chi connectivity index (χ3v) is 1.74. The molecule has 0 spiro atoms. The van der Waals surface area contributed by atoms with Gasteiger partial charge in [-0.2, -0.15) is 0 Å². The largest absolute Gasteiger partial charge is 0.332 e. The van der Waals surface area contributed by atoms with Crippen molar-refractivity contribution in [2.24, 2.45) is 5.92 Å². The standard InChI is InChI=1S/C8H11ClN2O/c1-5(2)3-7-10-6(4-12)8(9)11-7/h4-5H,3H2,1-2H3,(H,10,11). The Balaban J connectivity index is 2.82. The highest BCUT2D eigenvalue weighted by atomic mass is 35.5. The maximum Gasteiger partial charge on any atom is 0.171 e. The van der Waals surface area contributed by atoms with Crippen molar-refractivity contribution < 1.29 is 4.79 Å². The minimum atomic E-state index is 0.298. The highest BCUT2D eigenvalue weighted by molar-refractivity contribution is 6.31. The molecule has 0 amide bonds. The summed E-state index contributed by atoms with van der Waals surface area (Å²) in [6, 6.07) is 0. The summed E-state index contributed by atoms with van der Waals surface area (Å²) in [5.41, 5.74) is 0.298. The second kappa shape index (κ2) is 3.72.